The fourth-order valence-electron chi connectivity index (χ4n) is 9.62. The van der Waals surface area contributed by atoms with Crippen LogP contribution in [0.25, 0.3) is 10.9 Å². The van der Waals surface area contributed by atoms with Crippen LogP contribution in [-0.4, -0.2) is 89.8 Å². The zero-order valence-corrected chi connectivity index (χ0v) is 33.7. The van der Waals surface area contributed by atoms with Crippen LogP contribution in [0.5, 0.6) is 11.5 Å². The van der Waals surface area contributed by atoms with E-state index in [1.54, 1.807) is 48.7 Å². The highest BCUT2D eigenvalue weighted by atomic mass is 32.2. The third-order valence-electron chi connectivity index (χ3n) is 12.0. The van der Waals surface area contributed by atoms with Crippen molar-refractivity contribution < 1.29 is 42.8 Å². The molecule has 1 aromatic heterocycles. The summed E-state index contributed by atoms with van der Waals surface area (Å²) >= 11 is 0. The number of rotatable bonds is 18. The maximum Gasteiger partial charge on any atom is 0.245 e. The summed E-state index contributed by atoms with van der Waals surface area (Å²) in [6.45, 7) is 6.89. The van der Waals surface area contributed by atoms with Crippen molar-refractivity contribution in [2.24, 2.45) is 22.9 Å². The Morgan fingerprint density at radius 2 is 1.88 bits per heavy atom. The molecule has 1 saturated heterocycles. The smallest absolute Gasteiger partial charge is 0.245 e. The Labute approximate surface area is 336 Å². The number of aromatic hydroxyl groups is 1. The van der Waals surface area contributed by atoms with Crippen molar-refractivity contribution in [3.63, 3.8) is 0 Å². The topological polar surface area (TPSA) is 160 Å². The number of phenolic OH excluding ortho intramolecular Hbond substituents is 1. The Morgan fingerprint density at radius 3 is 2.63 bits per heavy atom. The van der Waals surface area contributed by atoms with Crippen LogP contribution < -0.4 is 4.74 Å². The highest BCUT2D eigenvalue weighted by Crippen LogP contribution is 2.62. The molecule has 3 heterocycles. The standard InChI is InChI=1S/C44H57N3O9S/c1-3-22-47(57(51,52)38-17-11-14-30-15-12-21-45-43(30)38)39-29-36(46-56-40-18-7-10-26-53-40)34-27-31(13-5-8-23-48)33(16-6-9-24-49)41-35-28-32(50)19-20-37(35)55-44(39,42(34)41)54-25-4-2/h4,11-12,14-15,17,19-21,27-28,31,33,39-42,48-50H,2-3,5-10,13,16,18,22-26,29H2,1H3/t31-,33+,39-,40?,41+,42+,44+/m0/s1. The average molecular weight is 804 g/mol. The van der Waals surface area contributed by atoms with Gasteiger partial charge in [-0.05, 0) is 92.7 Å². The van der Waals surface area contributed by atoms with Gasteiger partial charge in [0.2, 0.25) is 22.1 Å². The van der Waals surface area contributed by atoms with Crippen LogP contribution in [0.1, 0.15) is 89.0 Å². The van der Waals surface area contributed by atoms with Gasteiger partial charge in [-0.25, -0.2) is 8.42 Å². The van der Waals surface area contributed by atoms with Gasteiger partial charge in [-0.15, -0.1) is 6.58 Å². The lowest BCUT2D eigenvalue weighted by Crippen LogP contribution is -2.70. The Kier molecular flexibility index (Phi) is 13.3. The molecule has 7 atom stereocenters. The number of oxime groups is 1. The Balaban J connectivity index is 1.48. The zero-order chi connectivity index (χ0) is 40.0. The number of nitrogens with zero attached hydrogens (tertiary/aromatic N) is 3. The van der Waals surface area contributed by atoms with E-state index in [2.05, 4.69) is 17.6 Å². The molecule has 0 radical (unpaired) electrons. The number of pyridine rings is 1. The minimum atomic E-state index is -4.27. The summed E-state index contributed by atoms with van der Waals surface area (Å²) in [5, 5.41) is 36.3. The lowest BCUT2D eigenvalue weighted by Gasteiger charge is -2.59. The number of ether oxygens (including phenoxy) is 3. The Bertz CT molecular complexity index is 2030. The van der Waals surface area contributed by atoms with E-state index in [4.69, 9.17) is 24.2 Å². The molecule has 0 spiro atoms. The second kappa shape index (κ2) is 18.4. The molecule has 1 unspecified atom stereocenters. The first-order valence-corrected chi connectivity index (χ1v) is 22.1. The predicted octanol–water partition coefficient (Wildman–Crippen LogP) is 7.20. The van der Waals surface area contributed by atoms with Gasteiger partial charge in [0, 0.05) is 55.7 Å². The molecule has 57 heavy (non-hydrogen) atoms. The number of sulfonamides is 1. The van der Waals surface area contributed by atoms with Gasteiger partial charge in [-0.3, -0.25) is 4.98 Å². The minimum Gasteiger partial charge on any atom is -0.508 e. The SMILES string of the molecule is C=CCO[C@@]12Oc3ccc(O)cc3[C@H]3[C@H](CCCCO)[C@@H](CCCCO)C=C(C(=NOC4CCCCO4)C[C@@H]1N(CCC)S(=O)(=O)c1cccc4cccnc14)[C@H]32. The molecule has 1 saturated carbocycles. The number of benzene rings is 2. The number of aliphatic hydroxyl groups excluding tert-OH is 2. The van der Waals surface area contributed by atoms with E-state index in [0.29, 0.717) is 54.7 Å². The number of hydrogen-bond acceptors (Lipinski definition) is 11. The number of hydrogen-bond donors (Lipinski definition) is 3. The number of unbranched alkanes of at least 4 members (excludes halogenated alkanes) is 2. The maximum absolute atomic E-state index is 15.4. The Hall–Kier alpha value is -3.85. The van der Waals surface area contributed by atoms with Gasteiger partial charge in [0.15, 0.2) is 0 Å². The van der Waals surface area contributed by atoms with Crippen molar-refractivity contribution in [2.45, 2.75) is 106 Å². The molecule has 12 nitrogen and oxygen atoms in total. The van der Waals surface area contributed by atoms with Crippen LogP contribution in [0.2, 0.25) is 0 Å². The van der Waals surface area contributed by atoms with E-state index in [-0.39, 0.29) is 61.2 Å². The molecule has 0 bridgehead atoms. The van der Waals surface area contributed by atoms with Gasteiger partial charge in [-0.1, -0.05) is 55.3 Å². The second-order valence-corrected chi connectivity index (χ2v) is 17.5. The quantitative estimate of drug-likeness (QED) is 0.0682. The molecule has 2 aromatic carbocycles. The van der Waals surface area contributed by atoms with Crippen LogP contribution in [0.15, 0.2) is 89.1 Å². The first-order valence-electron chi connectivity index (χ1n) is 20.7. The van der Waals surface area contributed by atoms with Crippen molar-refractivity contribution in [1.82, 2.24) is 9.29 Å². The second-order valence-electron chi connectivity index (χ2n) is 15.6. The molecular weight excluding hydrogens is 747 g/mol. The summed E-state index contributed by atoms with van der Waals surface area (Å²) in [6, 6.07) is 13.0. The Morgan fingerprint density at radius 1 is 1.07 bits per heavy atom. The third-order valence-corrected chi connectivity index (χ3v) is 14.0. The lowest BCUT2D eigenvalue weighted by atomic mass is 9.55. The van der Waals surface area contributed by atoms with Crippen LogP contribution >= 0.6 is 0 Å². The van der Waals surface area contributed by atoms with Gasteiger partial charge in [0.25, 0.3) is 0 Å². The zero-order valence-electron chi connectivity index (χ0n) is 32.9. The molecule has 308 valence electrons. The number of fused-ring (bicyclic) bond motifs is 3. The van der Waals surface area contributed by atoms with E-state index < -0.39 is 34.1 Å². The molecule has 13 heteroatoms. The van der Waals surface area contributed by atoms with E-state index in [9.17, 15) is 15.3 Å². The van der Waals surface area contributed by atoms with E-state index in [1.165, 1.54) is 4.31 Å². The molecule has 3 N–H and O–H groups in total. The van der Waals surface area contributed by atoms with Crippen LogP contribution in [-0.2, 0) is 24.3 Å². The highest BCUT2D eigenvalue weighted by Gasteiger charge is 2.66. The molecule has 4 aliphatic rings. The largest absolute Gasteiger partial charge is 0.508 e. The first kappa shape index (κ1) is 41.3. The fraction of sp³-hybridized carbons (Fsp3) is 0.545. The maximum atomic E-state index is 15.4. The number of aliphatic hydroxyl groups is 2. The minimum absolute atomic E-state index is 0.0127. The monoisotopic (exact) mass is 803 g/mol. The van der Waals surface area contributed by atoms with Crippen molar-refractivity contribution in [2.75, 3.05) is 33.0 Å². The molecule has 3 aromatic rings. The predicted molar refractivity (Wildman–Crippen MR) is 217 cm³/mol. The van der Waals surface area contributed by atoms with E-state index in [0.717, 1.165) is 49.7 Å². The van der Waals surface area contributed by atoms with Gasteiger partial charge in [0.05, 0.1) is 36.4 Å². The third kappa shape index (κ3) is 8.24. The average Bonchev–Trinajstić information content (AvgIpc) is 3.23. The normalized spacial score (nSPS) is 27.7. The van der Waals surface area contributed by atoms with Gasteiger partial charge >= 0.3 is 0 Å². The fourth-order valence-corrected chi connectivity index (χ4v) is 11.5. The lowest BCUT2D eigenvalue weighted by molar-refractivity contribution is -0.251. The first-order chi connectivity index (χ1) is 27.8. The number of allylic oxidation sites excluding steroid dienone is 1. The van der Waals surface area contributed by atoms with Crippen LogP contribution in [0.3, 0.4) is 0 Å². The summed E-state index contributed by atoms with van der Waals surface area (Å²) in [7, 11) is -4.27. The summed E-state index contributed by atoms with van der Waals surface area (Å²) in [5.74, 6) is -1.85. The molecule has 2 aliphatic heterocycles. The number of aromatic nitrogens is 1. The summed E-state index contributed by atoms with van der Waals surface area (Å²) in [6.07, 6.45) is 12.6. The number of para-hydroxylation sites is 1. The summed E-state index contributed by atoms with van der Waals surface area (Å²) in [4.78, 5) is 10.8. The van der Waals surface area contributed by atoms with E-state index in [1.807, 2.05) is 19.1 Å². The number of phenols is 1. The van der Waals surface area contributed by atoms with Crippen LogP contribution in [0.4, 0.5) is 0 Å². The van der Waals surface area contributed by atoms with Gasteiger partial charge in [-0.2, -0.15) is 4.31 Å². The summed E-state index contributed by atoms with van der Waals surface area (Å²) in [5.41, 5.74) is 2.64. The van der Waals surface area contributed by atoms with E-state index >= 15 is 8.42 Å². The van der Waals surface area contributed by atoms with Crippen molar-refractivity contribution in [1.29, 1.82) is 0 Å². The van der Waals surface area contributed by atoms with Gasteiger partial charge < -0.3 is 34.4 Å². The van der Waals surface area contributed by atoms with Crippen molar-refractivity contribution in [3.05, 3.63) is 84.6 Å². The molecule has 0 amide bonds. The van der Waals surface area contributed by atoms with Crippen LogP contribution in [0, 0.1) is 17.8 Å². The molecule has 2 fully saturated rings. The molecule has 7 rings (SSSR count). The molecular formula is C44H57N3O9S. The summed E-state index contributed by atoms with van der Waals surface area (Å²) < 4.78 is 52.4. The highest BCUT2D eigenvalue weighted by molar-refractivity contribution is 7.89. The molecule has 2 aliphatic carbocycles. The van der Waals surface area contributed by atoms with Gasteiger partial charge in [0.1, 0.15) is 16.4 Å². The van der Waals surface area contributed by atoms with Crippen molar-refractivity contribution >= 4 is 26.6 Å². The van der Waals surface area contributed by atoms with Crippen molar-refractivity contribution in [3.8, 4) is 11.5 Å².